The van der Waals surface area contributed by atoms with Crippen molar-refractivity contribution in [3.8, 4) is 0 Å². The third-order valence-electron chi connectivity index (χ3n) is 2.20. The molecule has 0 heterocycles. The topological polar surface area (TPSA) is 9.23 Å². The first-order valence-corrected chi connectivity index (χ1v) is 5.50. The van der Waals surface area contributed by atoms with E-state index < -0.39 is 0 Å². The first kappa shape index (κ1) is 7.29. The van der Waals surface area contributed by atoms with E-state index in [-0.39, 0.29) is 9.76 Å². The molecule has 0 unspecified atom stereocenters. The molecule has 1 aliphatic carbocycles. The molecule has 0 radical (unpaired) electrons. The van der Waals surface area contributed by atoms with Gasteiger partial charge in [0.15, 0.2) is 9.76 Å². The molecule has 9 heavy (non-hydrogen) atoms. The SMILES string of the molecule is CO[SiH2]CC1CCCC1. The molecule has 0 N–H and O–H groups in total. The van der Waals surface area contributed by atoms with Crippen molar-refractivity contribution in [2.45, 2.75) is 31.7 Å². The summed E-state index contributed by atoms with van der Waals surface area (Å²) < 4.78 is 5.14. The molecule has 0 aromatic carbocycles. The van der Waals surface area contributed by atoms with Crippen molar-refractivity contribution in [1.82, 2.24) is 0 Å². The number of hydrogen-bond donors (Lipinski definition) is 0. The highest BCUT2D eigenvalue weighted by Crippen LogP contribution is 2.27. The molecule has 0 aliphatic heterocycles. The van der Waals surface area contributed by atoms with Crippen molar-refractivity contribution >= 4 is 9.76 Å². The van der Waals surface area contributed by atoms with Crippen LogP contribution < -0.4 is 0 Å². The average Bonchev–Trinajstić information content (AvgIpc) is 2.34. The maximum absolute atomic E-state index is 5.14. The minimum atomic E-state index is -0.108. The van der Waals surface area contributed by atoms with Gasteiger partial charge in [-0.25, -0.2) is 0 Å². The van der Waals surface area contributed by atoms with E-state index in [2.05, 4.69) is 0 Å². The second kappa shape index (κ2) is 4.07. The van der Waals surface area contributed by atoms with E-state index in [0.717, 1.165) is 5.92 Å². The molecule has 1 saturated carbocycles. The van der Waals surface area contributed by atoms with E-state index in [1.165, 1.54) is 31.7 Å². The van der Waals surface area contributed by atoms with Gasteiger partial charge in [0.1, 0.15) is 0 Å². The molecule has 2 heteroatoms. The van der Waals surface area contributed by atoms with E-state index in [9.17, 15) is 0 Å². The summed E-state index contributed by atoms with van der Waals surface area (Å²) in [4.78, 5) is 0. The molecule has 1 nitrogen and oxygen atoms in total. The third-order valence-corrected chi connectivity index (χ3v) is 3.67. The lowest BCUT2D eigenvalue weighted by Gasteiger charge is -2.04. The van der Waals surface area contributed by atoms with Gasteiger partial charge in [0, 0.05) is 7.11 Å². The summed E-state index contributed by atoms with van der Waals surface area (Å²) in [5, 5.41) is 0. The normalized spacial score (nSPS) is 22.3. The summed E-state index contributed by atoms with van der Waals surface area (Å²) in [5.74, 6) is 1.05. The van der Waals surface area contributed by atoms with Crippen LogP contribution in [0.2, 0.25) is 6.04 Å². The molecule has 0 atom stereocenters. The zero-order valence-corrected chi connectivity index (χ0v) is 7.64. The quantitative estimate of drug-likeness (QED) is 0.543. The zero-order valence-electron chi connectivity index (χ0n) is 6.23. The molecule has 0 spiro atoms. The predicted octanol–water partition coefficient (Wildman–Crippen LogP) is 1.33. The highest BCUT2D eigenvalue weighted by molar-refractivity contribution is 6.27. The first-order valence-electron chi connectivity index (χ1n) is 3.92. The summed E-state index contributed by atoms with van der Waals surface area (Å²) in [6.45, 7) is 0. The first-order chi connectivity index (χ1) is 4.43. The Balaban J connectivity index is 1.98. The van der Waals surface area contributed by atoms with Crippen LogP contribution in [0, 0.1) is 5.92 Å². The summed E-state index contributed by atoms with van der Waals surface area (Å²) >= 11 is 0. The molecule has 0 aromatic rings. The van der Waals surface area contributed by atoms with Crippen molar-refractivity contribution in [2.75, 3.05) is 7.11 Å². The molecule has 1 aliphatic rings. The summed E-state index contributed by atoms with van der Waals surface area (Å²) in [5.41, 5.74) is 0. The summed E-state index contributed by atoms with van der Waals surface area (Å²) in [6, 6.07) is 1.43. The average molecular weight is 144 g/mol. The van der Waals surface area contributed by atoms with Crippen molar-refractivity contribution in [2.24, 2.45) is 5.92 Å². The van der Waals surface area contributed by atoms with Gasteiger partial charge < -0.3 is 4.43 Å². The molecule has 1 fully saturated rings. The van der Waals surface area contributed by atoms with Crippen LogP contribution in [0.5, 0.6) is 0 Å². The van der Waals surface area contributed by atoms with Crippen molar-refractivity contribution in [3.05, 3.63) is 0 Å². The lowest BCUT2D eigenvalue weighted by atomic mass is 10.1. The van der Waals surface area contributed by atoms with E-state index in [1.807, 2.05) is 7.11 Å². The van der Waals surface area contributed by atoms with Gasteiger partial charge in [0.05, 0.1) is 0 Å². The van der Waals surface area contributed by atoms with Crippen LogP contribution in [0.1, 0.15) is 25.7 Å². The summed E-state index contributed by atoms with van der Waals surface area (Å²) in [7, 11) is 1.74. The molecule has 0 saturated heterocycles. The Hall–Kier alpha value is 0.177. The molecular formula is C7H16OSi. The lowest BCUT2D eigenvalue weighted by Crippen LogP contribution is -2.00. The Labute approximate surface area is 59.7 Å². The van der Waals surface area contributed by atoms with Gasteiger partial charge in [-0.15, -0.1) is 0 Å². The van der Waals surface area contributed by atoms with Crippen LogP contribution >= 0.6 is 0 Å². The van der Waals surface area contributed by atoms with Crippen molar-refractivity contribution < 1.29 is 4.43 Å². The van der Waals surface area contributed by atoms with Crippen LogP contribution in [0.25, 0.3) is 0 Å². The van der Waals surface area contributed by atoms with Crippen LogP contribution in [0.4, 0.5) is 0 Å². The fourth-order valence-corrected chi connectivity index (χ4v) is 2.73. The maximum atomic E-state index is 5.14. The Kier molecular flexibility index (Phi) is 3.29. The summed E-state index contributed by atoms with van der Waals surface area (Å²) in [6.07, 6.45) is 5.91. The van der Waals surface area contributed by atoms with Crippen LogP contribution in [0.3, 0.4) is 0 Å². The van der Waals surface area contributed by atoms with E-state index >= 15 is 0 Å². The Bertz CT molecular complexity index is 69.3. The molecule has 54 valence electrons. The van der Waals surface area contributed by atoms with Gasteiger partial charge in [0.2, 0.25) is 0 Å². The van der Waals surface area contributed by atoms with Gasteiger partial charge >= 0.3 is 0 Å². The molecule has 1 rings (SSSR count). The van der Waals surface area contributed by atoms with Gasteiger partial charge in [0.25, 0.3) is 0 Å². The van der Waals surface area contributed by atoms with E-state index in [0.29, 0.717) is 0 Å². The van der Waals surface area contributed by atoms with Crippen molar-refractivity contribution in [3.63, 3.8) is 0 Å². The highest BCUT2D eigenvalue weighted by atomic mass is 28.2. The predicted molar refractivity (Wildman–Crippen MR) is 42.3 cm³/mol. The molecule has 0 amide bonds. The smallest absolute Gasteiger partial charge is 0.161 e. The minimum absolute atomic E-state index is 0.108. The second-order valence-corrected chi connectivity index (χ2v) is 4.49. The number of rotatable bonds is 3. The Morgan fingerprint density at radius 2 is 2.11 bits per heavy atom. The fraction of sp³-hybridized carbons (Fsp3) is 1.00. The maximum Gasteiger partial charge on any atom is 0.161 e. The third kappa shape index (κ3) is 2.50. The largest absolute Gasteiger partial charge is 0.427 e. The zero-order chi connectivity index (χ0) is 6.53. The number of hydrogen-bond acceptors (Lipinski definition) is 1. The Morgan fingerprint density at radius 3 is 2.67 bits per heavy atom. The van der Waals surface area contributed by atoms with Gasteiger partial charge in [-0.3, -0.25) is 0 Å². The second-order valence-electron chi connectivity index (χ2n) is 2.93. The standard InChI is InChI=1S/C7H16OSi/c1-8-9-6-7-4-2-3-5-7/h7H,2-6,9H2,1H3. The van der Waals surface area contributed by atoms with Crippen LogP contribution in [0.15, 0.2) is 0 Å². The lowest BCUT2D eigenvalue weighted by molar-refractivity contribution is 0.429. The van der Waals surface area contributed by atoms with Gasteiger partial charge in [-0.1, -0.05) is 25.7 Å². The fourth-order valence-electron chi connectivity index (χ4n) is 1.58. The van der Waals surface area contributed by atoms with E-state index in [4.69, 9.17) is 4.43 Å². The van der Waals surface area contributed by atoms with Crippen molar-refractivity contribution in [1.29, 1.82) is 0 Å². The minimum Gasteiger partial charge on any atom is -0.427 e. The molecular weight excluding hydrogens is 128 g/mol. The monoisotopic (exact) mass is 144 g/mol. The van der Waals surface area contributed by atoms with Crippen LogP contribution in [-0.2, 0) is 4.43 Å². The molecule has 0 aromatic heterocycles. The highest BCUT2D eigenvalue weighted by Gasteiger charge is 2.13. The molecule has 0 bridgehead atoms. The van der Waals surface area contributed by atoms with Crippen LogP contribution in [-0.4, -0.2) is 16.9 Å². The van der Waals surface area contributed by atoms with Gasteiger partial charge in [-0.05, 0) is 12.0 Å². The van der Waals surface area contributed by atoms with E-state index in [1.54, 1.807) is 0 Å². The van der Waals surface area contributed by atoms with Gasteiger partial charge in [-0.2, -0.15) is 0 Å². The Morgan fingerprint density at radius 1 is 1.44 bits per heavy atom.